The van der Waals surface area contributed by atoms with Gasteiger partial charge in [0.2, 0.25) is 0 Å². The second-order valence-corrected chi connectivity index (χ2v) is 5.87. The van der Waals surface area contributed by atoms with Gasteiger partial charge in [-0.15, -0.1) is 0 Å². The van der Waals surface area contributed by atoms with Crippen LogP contribution in [-0.4, -0.2) is 37.1 Å². The van der Waals surface area contributed by atoms with E-state index in [0.29, 0.717) is 5.96 Å². The molecule has 0 saturated heterocycles. The van der Waals surface area contributed by atoms with Gasteiger partial charge in [-0.2, -0.15) is 0 Å². The Morgan fingerprint density at radius 1 is 1.32 bits per heavy atom. The number of para-hydroxylation sites is 1. The van der Waals surface area contributed by atoms with Gasteiger partial charge in [0.15, 0.2) is 5.96 Å². The second-order valence-electron chi connectivity index (χ2n) is 5.87. The number of nitrogens with two attached hydrogens (primary N) is 1. The number of benzene rings is 1. The summed E-state index contributed by atoms with van der Waals surface area (Å²) < 4.78 is 6.01. The molecule has 0 heterocycles. The SMILES string of the molecule is CN(C)C(N)=N[C@H]1C[C@@H](Oc2ccccc2)C1(C)C. The molecular weight excluding hydrogens is 238 g/mol. The number of nitrogens with zero attached hydrogens (tertiary/aromatic N) is 2. The van der Waals surface area contributed by atoms with Crippen LogP contribution in [0.5, 0.6) is 5.75 Å². The summed E-state index contributed by atoms with van der Waals surface area (Å²) in [6, 6.07) is 10.2. The van der Waals surface area contributed by atoms with Gasteiger partial charge in [0.1, 0.15) is 11.9 Å². The summed E-state index contributed by atoms with van der Waals surface area (Å²) in [5.74, 6) is 1.50. The van der Waals surface area contributed by atoms with Crippen molar-refractivity contribution in [1.29, 1.82) is 0 Å². The van der Waals surface area contributed by atoms with Crippen LogP contribution in [0.25, 0.3) is 0 Å². The lowest BCUT2D eigenvalue weighted by Gasteiger charge is -2.49. The van der Waals surface area contributed by atoms with Crippen LogP contribution < -0.4 is 10.5 Å². The highest BCUT2D eigenvalue weighted by Gasteiger charge is 2.50. The molecule has 0 unspecified atom stereocenters. The van der Waals surface area contributed by atoms with Crippen LogP contribution >= 0.6 is 0 Å². The summed E-state index contributed by atoms with van der Waals surface area (Å²) >= 11 is 0. The van der Waals surface area contributed by atoms with E-state index in [1.165, 1.54) is 0 Å². The minimum atomic E-state index is 0.0104. The van der Waals surface area contributed by atoms with Gasteiger partial charge < -0.3 is 15.4 Å². The molecule has 2 rings (SSSR count). The van der Waals surface area contributed by atoms with Gasteiger partial charge in [-0.05, 0) is 12.1 Å². The molecule has 1 aromatic carbocycles. The van der Waals surface area contributed by atoms with Crippen LogP contribution in [0.4, 0.5) is 0 Å². The Kier molecular flexibility index (Phi) is 3.69. The maximum absolute atomic E-state index is 6.01. The van der Waals surface area contributed by atoms with Crippen molar-refractivity contribution in [1.82, 2.24) is 4.90 Å². The van der Waals surface area contributed by atoms with Crippen molar-refractivity contribution < 1.29 is 4.74 Å². The standard InChI is InChI=1S/C15H23N3O/c1-15(2)12(17-14(16)18(3)4)10-13(15)19-11-8-6-5-7-9-11/h5-9,12-13H,10H2,1-4H3,(H2,16,17)/t12-,13+/m0/s1. The molecule has 0 aliphatic heterocycles. The van der Waals surface area contributed by atoms with Gasteiger partial charge in [-0.25, -0.2) is 4.99 Å². The van der Waals surface area contributed by atoms with Crippen LogP contribution in [0.2, 0.25) is 0 Å². The molecule has 19 heavy (non-hydrogen) atoms. The Hall–Kier alpha value is -1.71. The van der Waals surface area contributed by atoms with Crippen LogP contribution in [-0.2, 0) is 0 Å². The van der Waals surface area contributed by atoms with Crippen molar-refractivity contribution in [3.63, 3.8) is 0 Å². The molecule has 4 heteroatoms. The molecule has 0 radical (unpaired) electrons. The summed E-state index contributed by atoms with van der Waals surface area (Å²) in [4.78, 5) is 6.40. The fraction of sp³-hybridized carbons (Fsp3) is 0.533. The third kappa shape index (κ3) is 2.83. The molecule has 1 aromatic rings. The number of ether oxygens (including phenoxy) is 1. The summed E-state index contributed by atoms with van der Waals surface area (Å²) in [5, 5.41) is 0. The Morgan fingerprint density at radius 3 is 2.47 bits per heavy atom. The first kappa shape index (κ1) is 13.7. The monoisotopic (exact) mass is 261 g/mol. The van der Waals surface area contributed by atoms with Gasteiger partial charge in [0.05, 0.1) is 6.04 Å². The predicted octanol–water partition coefficient (Wildman–Crippen LogP) is 2.11. The molecule has 2 N–H and O–H groups in total. The van der Waals surface area contributed by atoms with Gasteiger partial charge in [-0.1, -0.05) is 32.0 Å². The van der Waals surface area contributed by atoms with Crippen LogP contribution in [0.15, 0.2) is 35.3 Å². The maximum Gasteiger partial charge on any atom is 0.191 e. The van der Waals surface area contributed by atoms with Crippen molar-refractivity contribution in [2.75, 3.05) is 14.1 Å². The van der Waals surface area contributed by atoms with E-state index < -0.39 is 0 Å². The van der Waals surface area contributed by atoms with Crippen LogP contribution in [0.1, 0.15) is 20.3 Å². The third-order valence-electron chi connectivity index (χ3n) is 3.89. The van der Waals surface area contributed by atoms with Crippen LogP contribution in [0, 0.1) is 5.41 Å². The summed E-state index contributed by atoms with van der Waals surface area (Å²) in [5.41, 5.74) is 5.89. The zero-order chi connectivity index (χ0) is 14.0. The van der Waals surface area contributed by atoms with E-state index >= 15 is 0 Å². The Bertz CT molecular complexity index is 454. The normalized spacial score (nSPS) is 25.6. The van der Waals surface area contributed by atoms with E-state index in [-0.39, 0.29) is 17.6 Å². The Morgan fingerprint density at radius 2 is 1.95 bits per heavy atom. The largest absolute Gasteiger partial charge is 0.490 e. The zero-order valence-corrected chi connectivity index (χ0v) is 12.1. The molecule has 1 saturated carbocycles. The first-order valence-electron chi connectivity index (χ1n) is 6.63. The number of guanidine groups is 1. The van der Waals surface area contributed by atoms with Crippen molar-refractivity contribution in [3.8, 4) is 5.75 Å². The fourth-order valence-electron chi connectivity index (χ4n) is 2.22. The first-order valence-corrected chi connectivity index (χ1v) is 6.63. The average molecular weight is 261 g/mol. The number of aliphatic imine (C=N–C) groups is 1. The van der Waals surface area contributed by atoms with E-state index in [2.05, 4.69) is 18.8 Å². The number of rotatable bonds is 3. The van der Waals surface area contributed by atoms with Crippen molar-refractivity contribution >= 4 is 5.96 Å². The minimum absolute atomic E-state index is 0.0104. The van der Waals surface area contributed by atoms with Crippen molar-refractivity contribution in [2.45, 2.75) is 32.4 Å². The van der Waals surface area contributed by atoms with Gasteiger partial charge in [0.25, 0.3) is 0 Å². The lowest BCUT2D eigenvalue weighted by atomic mass is 9.64. The minimum Gasteiger partial charge on any atom is -0.490 e. The molecule has 1 aliphatic carbocycles. The van der Waals surface area contributed by atoms with E-state index in [1.54, 1.807) is 0 Å². The van der Waals surface area contributed by atoms with E-state index in [0.717, 1.165) is 12.2 Å². The van der Waals surface area contributed by atoms with E-state index in [4.69, 9.17) is 10.5 Å². The highest BCUT2D eigenvalue weighted by molar-refractivity contribution is 5.77. The predicted molar refractivity (Wildman–Crippen MR) is 78.4 cm³/mol. The molecule has 0 bridgehead atoms. The summed E-state index contributed by atoms with van der Waals surface area (Å²) in [6.07, 6.45) is 1.11. The summed E-state index contributed by atoms with van der Waals surface area (Å²) in [6.45, 7) is 4.36. The molecular formula is C15H23N3O. The smallest absolute Gasteiger partial charge is 0.191 e. The number of hydrogen-bond acceptors (Lipinski definition) is 2. The molecule has 4 nitrogen and oxygen atoms in total. The van der Waals surface area contributed by atoms with Crippen molar-refractivity contribution in [2.24, 2.45) is 16.1 Å². The topological polar surface area (TPSA) is 50.8 Å². The van der Waals surface area contributed by atoms with Gasteiger partial charge in [-0.3, -0.25) is 0 Å². The van der Waals surface area contributed by atoms with E-state index in [1.807, 2.05) is 49.3 Å². The highest BCUT2D eigenvalue weighted by atomic mass is 16.5. The maximum atomic E-state index is 6.01. The molecule has 0 amide bonds. The molecule has 2 atom stereocenters. The first-order chi connectivity index (χ1) is 8.91. The highest BCUT2D eigenvalue weighted by Crippen LogP contribution is 2.45. The van der Waals surface area contributed by atoms with E-state index in [9.17, 15) is 0 Å². The summed E-state index contributed by atoms with van der Waals surface area (Å²) in [7, 11) is 3.81. The van der Waals surface area contributed by atoms with Gasteiger partial charge in [0, 0.05) is 25.9 Å². The fourth-order valence-corrected chi connectivity index (χ4v) is 2.22. The Labute approximate surface area is 115 Å². The molecule has 0 aromatic heterocycles. The lowest BCUT2D eigenvalue weighted by molar-refractivity contribution is -0.0392. The van der Waals surface area contributed by atoms with Gasteiger partial charge >= 0.3 is 0 Å². The molecule has 1 fully saturated rings. The molecule has 1 aliphatic rings. The Balaban J connectivity index is 2.00. The second kappa shape index (κ2) is 5.11. The molecule has 0 spiro atoms. The molecule has 104 valence electrons. The van der Waals surface area contributed by atoms with Crippen molar-refractivity contribution in [3.05, 3.63) is 30.3 Å². The third-order valence-corrected chi connectivity index (χ3v) is 3.89. The zero-order valence-electron chi connectivity index (χ0n) is 12.1. The average Bonchev–Trinajstić information content (AvgIpc) is 2.38. The van der Waals surface area contributed by atoms with Crippen LogP contribution in [0.3, 0.4) is 0 Å². The number of hydrogen-bond donors (Lipinski definition) is 1. The quantitative estimate of drug-likeness (QED) is 0.669. The lowest BCUT2D eigenvalue weighted by Crippen LogP contribution is -2.56.